The lowest BCUT2D eigenvalue weighted by molar-refractivity contribution is -0.139. The molecule has 2 amide bonds. The van der Waals surface area contributed by atoms with E-state index in [0.717, 1.165) is 30.7 Å². The fourth-order valence-electron chi connectivity index (χ4n) is 2.98. The highest BCUT2D eigenvalue weighted by molar-refractivity contribution is 5.85. The second kappa shape index (κ2) is 11.8. The topological polar surface area (TPSA) is 61.9 Å². The van der Waals surface area contributed by atoms with E-state index in [4.69, 9.17) is 4.74 Å². The monoisotopic (exact) mass is 383 g/mol. The number of amides is 2. The first-order chi connectivity index (χ1) is 12.1. The number of nitrogens with one attached hydrogen (secondary N) is 1. The van der Waals surface area contributed by atoms with Crippen LogP contribution in [-0.4, -0.2) is 68.5 Å². The minimum atomic E-state index is 0. The van der Waals surface area contributed by atoms with E-state index in [1.165, 1.54) is 0 Å². The number of piperazine rings is 1. The average molecular weight is 384 g/mol. The van der Waals surface area contributed by atoms with Gasteiger partial charge in [-0.1, -0.05) is 12.1 Å². The van der Waals surface area contributed by atoms with Crippen LogP contribution in [0.5, 0.6) is 5.75 Å². The Bertz CT molecular complexity index is 558. The number of hydrogen-bond donors (Lipinski definition) is 1. The van der Waals surface area contributed by atoms with Crippen molar-refractivity contribution in [1.29, 1.82) is 0 Å². The van der Waals surface area contributed by atoms with Gasteiger partial charge in [0.2, 0.25) is 11.8 Å². The molecule has 1 aliphatic rings. The molecule has 6 nitrogen and oxygen atoms in total. The second-order valence-corrected chi connectivity index (χ2v) is 6.32. The zero-order chi connectivity index (χ0) is 18.1. The minimum absolute atomic E-state index is 0. The van der Waals surface area contributed by atoms with Crippen molar-refractivity contribution in [3.05, 3.63) is 29.8 Å². The molecule has 0 atom stereocenters. The van der Waals surface area contributed by atoms with E-state index in [0.29, 0.717) is 39.0 Å². The molecule has 0 aromatic heterocycles. The van der Waals surface area contributed by atoms with Crippen molar-refractivity contribution < 1.29 is 14.3 Å². The third kappa shape index (κ3) is 6.84. The summed E-state index contributed by atoms with van der Waals surface area (Å²) in [7, 11) is 3.53. The lowest BCUT2D eigenvalue weighted by atomic mass is 10.1. The Morgan fingerprint density at radius 2 is 1.54 bits per heavy atom. The number of methoxy groups -OCH3 is 1. The molecule has 1 heterocycles. The van der Waals surface area contributed by atoms with Crippen molar-refractivity contribution in [2.45, 2.75) is 25.7 Å². The lowest BCUT2D eigenvalue weighted by Gasteiger charge is -2.35. The fraction of sp³-hybridized carbons (Fsp3) is 0.579. The summed E-state index contributed by atoms with van der Waals surface area (Å²) in [5.74, 6) is 1.18. The van der Waals surface area contributed by atoms with Gasteiger partial charge in [-0.3, -0.25) is 9.59 Å². The van der Waals surface area contributed by atoms with E-state index in [1.807, 2.05) is 41.1 Å². The molecule has 146 valence electrons. The summed E-state index contributed by atoms with van der Waals surface area (Å²) in [5.41, 5.74) is 1.13. The number of hydrogen-bond acceptors (Lipinski definition) is 4. The number of benzene rings is 1. The molecule has 0 saturated carbocycles. The number of carbonyl (C=O) groups is 2. The van der Waals surface area contributed by atoms with Crippen LogP contribution in [0.1, 0.15) is 24.8 Å². The zero-order valence-corrected chi connectivity index (χ0v) is 16.5. The summed E-state index contributed by atoms with van der Waals surface area (Å²) in [4.78, 5) is 28.2. The van der Waals surface area contributed by atoms with Gasteiger partial charge in [0.15, 0.2) is 0 Å². The molecular formula is C19H30ClN3O3. The predicted octanol–water partition coefficient (Wildman–Crippen LogP) is 1.72. The second-order valence-electron chi connectivity index (χ2n) is 6.32. The van der Waals surface area contributed by atoms with E-state index < -0.39 is 0 Å². The van der Waals surface area contributed by atoms with E-state index in [-0.39, 0.29) is 24.2 Å². The van der Waals surface area contributed by atoms with Crippen LogP contribution >= 0.6 is 12.4 Å². The molecule has 1 aromatic carbocycles. The maximum Gasteiger partial charge on any atom is 0.223 e. The van der Waals surface area contributed by atoms with E-state index >= 15 is 0 Å². The quantitative estimate of drug-likeness (QED) is 0.694. The molecule has 0 spiro atoms. The zero-order valence-electron chi connectivity index (χ0n) is 15.7. The summed E-state index contributed by atoms with van der Waals surface area (Å²) in [5, 5.41) is 3.05. The standard InChI is InChI=1S/C19H29N3O3.ClH/c1-20-11-3-4-18(23)21-12-14-22(15-13-21)19(24)10-7-16-5-8-17(25-2)9-6-16;/h5-6,8-9,20H,3-4,7,10-15H2,1-2H3;1H. The molecular weight excluding hydrogens is 354 g/mol. The Kier molecular flexibility index (Phi) is 10.1. The van der Waals surface area contributed by atoms with Crippen LogP contribution < -0.4 is 10.1 Å². The van der Waals surface area contributed by atoms with Gasteiger partial charge in [-0.15, -0.1) is 12.4 Å². The van der Waals surface area contributed by atoms with E-state index in [1.54, 1.807) is 7.11 Å². The van der Waals surface area contributed by atoms with Crippen molar-refractivity contribution >= 4 is 24.2 Å². The van der Waals surface area contributed by atoms with Crippen LogP contribution in [0.3, 0.4) is 0 Å². The Labute approximate surface area is 162 Å². The third-order valence-corrected chi connectivity index (χ3v) is 4.59. The van der Waals surface area contributed by atoms with Gasteiger partial charge in [-0.25, -0.2) is 0 Å². The van der Waals surface area contributed by atoms with Crippen LogP contribution in [0, 0.1) is 0 Å². The summed E-state index contributed by atoms with van der Waals surface area (Å²) in [6, 6.07) is 7.82. The SMILES string of the molecule is CNCCCC(=O)N1CCN(C(=O)CCc2ccc(OC)cc2)CC1.Cl. The number of carbonyl (C=O) groups excluding carboxylic acids is 2. The summed E-state index contributed by atoms with van der Waals surface area (Å²) >= 11 is 0. The minimum Gasteiger partial charge on any atom is -0.497 e. The average Bonchev–Trinajstić information content (AvgIpc) is 2.66. The highest BCUT2D eigenvalue weighted by atomic mass is 35.5. The third-order valence-electron chi connectivity index (χ3n) is 4.59. The molecule has 2 rings (SSSR count). The molecule has 7 heteroatoms. The maximum absolute atomic E-state index is 12.4. The Morgan fingerprint density at radius 1 is 1.00 bits per heavy atom. The van der Waals surface area contributed by atoms with Gasteiger partial charge in [-0.05, 0) is 44.1 Å². The van der Waals surface area contributed by atoms with Crippen molar-refractivity contribution in [2.75, 3.05) is 46.9 Å². The molecule has 0 bridgehead atoms. The lowest BCUT2D eigenvalue weighted by Crippen LogP contribution is -2.50. The number of rotatable bonds is 8. The normalized spacial score (nSPS) is 13.9. The highest BCUT2D eigenvalue weighted by Crippen LogP contribution is 2.14. The molecule has 1 aromatic rings. The first kappa shape index (κ1) is 22.3. The molecule has 0 aliphatic carbocycles. The molecule has 1 saturated heterocycles. The first-order valence-corrected chi connectivity index (χ1v) is 8.97. The largest absolute Gasteiger partial charge is 0.497 e. The van der Waals surface area contributed by atoms with Gasteiger partial charge >= 0.3 is 0 Å². The maximum atomic E-state index is 12.4. The van der Waals surface area contributed by atoms with Gasteiger partial charge in [-0.2, -0.15) is 0 Å². The van der Waals surface area contributed by atoms with Crippen molar-refractivity contribution in [2.24, 2.45) is 0 Å². The Balaban J connectivity index is 0.00000338. The summed E-state index contributed by atoms with van der Waals surface area (Å²) in [6.07, 6.45) is 2.66. The van der Waals surface area contributed by atoms with Gasteiger partial charge < -0.3 is 19.9 Å². The van der Waals surface area contributed by atoms with Crippen LogP contribution in [0.25, 0.3) is 0 Å². The van der Waals surface area contributed by atoms with Gasteiger partial charge in [0.1, 0.15) is 5.75 Å². The number of ether oxygens (including phenoxy) is 1. The highest BCUT2D eigenvalue weighted by Gasteiger charge is 2.23. The van der Waals surface area contributed by atoms with Crippen LogP contribution in [0.2, 0.25) is 0 Å². The van der Waals surface area contributed by atoms with Gasteiger partial charge in [0, 0.05) is 39.0 Å². The molecule has 0 radical (unpaired) electrons. The number of nitrogens with zero attached hydrogens (tertiary/aromatic N) is 2. The van der Waals surface area contributed by atoms with Gasteiger partial charge in [0.25, 0.3) is 0 Å². The smallest absolute Gasteiger partial charge is 0.223 e. The molecule has 1 N–H and O–H groups in total. The van der Waals surface area contributed by atoms with E-state index in [2.05, 4.69) is 5.32 Å². The predicted molar refractivity (Wildman–Crippen MR) is 105 cm³/mol. The van der Waals surface area contributed by atoms with Crippen LogP contribution in [0.15, 0.2) is 24.3 Å². The van der Waals surface area contributed by atoms with Crippen molar-refractivity contribution in [3.8, 4) is 5.75 Å². The summed E-state index contributed by atoms with van der Waals surface area (Å²) < 4.78 is 5.14. The van der Waals surface area contributed by atoms with Crippen LogP contribution in [0.4, 0.5) is 0 Å². The van der Waals surface area contributed by atoms with E-state index in [9.17, 15) is 9.59 Å². The first-order valence-electron chi connectivity index (χ1n) is 8.97. The Morgan fingerprint density at radius 3 is 2.04 bits per heavy atom. The summed E-state index contributed by atoms with van der Waals surface area (Å²) in [6.45, 7) is 3.42. The van der Waals surface area contributed by atoms with Crippen molar-refractivity contribution in [3.63, 3.8) is 0 Å². The van der Waals surface area contributed by atoms with Crippen molar-refractivity contribution in [1.82, 2.24) is 15.1 Å². The Hall–Kier alpha value is -1.79. The number of halogens is 1. The fourth-order valence-corrected chi connectivity index (χ4v) is 2.98. The van der Waals surface area contributed by atoms with Gasteiger partial charge in [0.05, 0.1) is 7.11 Å². The van der Waals surface area contributed by atoms with Crippen LogP contribution in [-0.2, 0) is 16.0 Å². The molecule has 0 unspecified atom stereocenters. The molecule has 26 heavy (non-hydrogen) atoms. The number of aryl methyl sites for hydroxylation is 1. The molecule has 1 aliphatic heterocycles. The molecule has 1 fully saturated rings.